The van der Waals surface area contributed by atoms with Crippen molar-refractivity contribution in [3.05, 3.63) is 50.6 Å². The van der Waals surface area contributed by atoms with Crippen molar-refractivity contribution in [1.82, 2.24) is 0 Å². The fourth-order valence-electron chi connectivity index (χ4n) is 2.00. The highest BCUT2D eigenvalue weighted by molar-refractivity contribution is 9.10. The van der Waals surface area contributed by atoms with Crippen LogP contribution in [0.3, 0.4) is 0 Å². The van der Waals surface area contributed by atoms with Gasteiger partial charge in [-0.05, 0) is 46.4 Å². The monoisotopic (exact) mass is 337 g/mol. The minimum absolute atomic E-state index is 0.0766. The fraction of sp³-hybridized carbons (Fsp3) is 0.214. The van der Waals surface area contributed by atoms with Gasteiger partial charge in [0.1, 0.15) is 5.84 Å². The Labute approximate surface area is 125 Å². The van der Waals surface area contributed by atoms with Gasteiger partial charge >= 0.3 is 0 Å². The molecule has 0 amide bonds. The van der Waals surface area contributed by atoms with Gasteiger partial charge in [-0.25, -0.2) is 0 Å². The van der Waals surface area contributed by atoms with Gasteiger partial charge in [0.25, 0.3) is 0 Å². The van der Waals surface area contributed by atoms with E-state index in [9.17, 15) is 0 Å². The molecule has 0 aliphatic carbocycles. The highest BCUT2D eigenvalue weighted by atomic mass is 79.9. The number of halogens is 1. The third-order valence-electron chi connectivity index (χ3n) is 3.18. The molecule has 0 aliphatic rings. The number of nitrogens with zero attached hydrogens (tertiary/aromatic N) is 1. The van der Waals surface area contributed by atoms with Crippen molar-refractivity contribution in [2.24, 2.45) is 5.73 Å². The Hall–Kier alpha value is -1.33. The smallest absolute Gasteiger partial charge is 0.126 e. The lowest BCUT2D eigenvalue weighted by atomic mass is 10.1. The van der Waals surface area contributed by atoms with Crippen LogP contribution in [0, 0.1) is 5.41 Å². The van der Waals surface area contributed by atoms with E-state index < -0.39 is 0 Å². The zero-order valence-corrected chi connectivity index (χ0v) is 13.3. The van der Waals surface area contributed by atoms with Crippen LogP contribution in [0.4, 0.5) is 5.69 Å². The molecular weight excluding hydrogens is 322 g/mol. The van der Waals surface area contributed by atoms with Crippen molar-refractivity contribution in [2.45, 2.75) is 13.0 Å². The molecule has 0 aliphatic heterocycles. The highest BCUT2D eigenvalue weighted by Crippen LogP contribution is 2.33. The van der Waals surface area contributed by atoms with Gasteiger partial charge in [-0.2, -0.15) is 0 Å². The van der Waals surface area contributed by atoms with Crippen molar-refractivity contribution in [1.29, 1.82) is 5.41 Å². The van der Waals surface area contributed by atoms with Gasteiger partial charge < -0.3 is 10.6 Å². The molecule has 2 aromatic rings. The summed E-state index contributed by atoms with van der Waals surface area (Å²) in [6, 6.07) is 10.3. The third kappa shape index (κ3) is 2.82. The molecular formula is C14H16BrN3S. The number of anilines is 1. The Bertz CT molecular complexity index is 580. The first-order valence-corrected chi connectivity index (χ1v) is 7.58. The van der Waals surface area contributed by atoms with E-state index in [4.69, 9.17) is 11.1 Å². The predicted molar refractivity (Wildman–Crippen MR) is 86.3 cm³/mol. The summed E-state index contributed by atoms with van der Waals surface area (Å²) in [6.45, 7) is 2.15. The topological polar surface area (TPSA) is 53.1 Å². The maximum absolute atomic E-state index is 7.75. The van der Waals surface area contributed by atoms with Gasteiger partial charge in [-0.3, -0.25) is 5.41 Å². The van der Waals surface area contributed by atoms with E-state index in [1.807, 2.05) is 25.2 Å². The second kappa shape index (κ2) is 5.75. The Kier molecular flexibility index (Phi) is 4.27. The molecule has 2 rings (SSSR count). The van der Waals surface area contributed by atoms with Crippen LogP contribution in [-0.2, 0) is 0 Å². The van der Waals surface area contributed by atoms with E-state index in [0.29, 0.717) is 0 Å². The van der Waals surface area contributed by atoms with E-state index in [-0.39, 0.29) is 11.9 Å². The maximum Gasteiger partial charge on any atom is 0.126 e. The molecule has 1 heterocycles. The number of nitrogens with two attached hydrogens (primary N) is 1. The normalized spacial score (nSPS) is 12.2. The quantitative estimate of drug-likeness (QED) is 0.654. The van der Waals surface area contributed by atoms with E-state index >= 15 is 0 Å². The molecule has 0 bridgehead atoms. The van der Waals surface area contributed by atoms with Crippen molar-refractivity contribution in [3.8, 4) is 0 Å². The van der Waals surface area contributed by atoms with Crippen molar-refractivity contribution in [3.63, 3.8) is 0 Å². The molecule has 3 N–H and O–H groups in total. The van der Waals surface area contributed by atoms with Gasteiger partial charge in [-0.15, -0.1) is 11.3 Å². The summed E-state index contributed by atoms with van der Waals surface area (Å²) < 4.78 is 0.850. The predicted octanol–water partition coefficient (Wildman–Crippen LogP) is 3.99. The highest BCUT2D eigenvalue weighted by Gasteiger charge is 2.18. The van der Waals surface area contributed by atoms with E-state index in [2.05, 4.69) is 45.3 Å². The largest absolute Gasteiger partial charge is 0.384 e. The Morgan fingerprint density at radius 3 is 2.68 bits per heavy atom. The van der Waals surface area contributed by atoms with Crippen LogP contribution in [-0.4, -0.2) is 12.9 Å². The van der Waals surface area contributed by atoms with Crippen molar-refractivity contribution >= 4 is 38.8 Å². The fourth-order valence-corrected chi connectivity index (χ4v) is 3.40. The van der Waals surface area contributed by atoms with Crippen LogP contribution in [0.15, 0.2) is 40.2 Å². The average molecular weight is 338 g/mol. The standard InChI is InChI=1S/C14H16BrN3S/c1-9(12-7-4-8-19-12)18(2)11-6-3-5-10(15)13(11)14(16)17/h3-9H,1-2H3,(H3,16,17). The van der Waals surface area contributed by atoms with Gasteiger partial charge in [-0.1, -0.05) is 12.1 Å². The number of hydrogen-bond donors (Lipinski definition) is 2. The minimum Gasteiger partial charge on any atom is -0.384 e. The first kappa shape index (κ1) is 14.1. The molecule has 0 spiro atoms. The minimum atomic E-state index is 0.0766. The maximum atomic E-state index is 7.75. The number of amidine groups is 1. The first-order chi connectivity index (χ1) is 9.02. The first-order valence-electron chi connectivity index (χ1n) is 5.91. The average Bonchev–Trinajstić information content (AvgIpc) is 2.90. The van der Waals surface area contributed by atoms with E-state index in [1.165, 1.54) is 4.88 Å². The second-order valence-electron chi connectivity index (χ2n) is 4.35. The molecule has 3 nitrogen and oxygen atoms in total. The van der Waals surface area contributed by atoms with E-state index in [1.54, 1.807) is 11.3 Å². The third-order valence-corrected chi connectivity index (χ3v) is 4.88. The molecule has 0 saturated carbocycles. The number of rotatable bonds is 4. The molecule has 1 atom stereocenters. The molecule has 0 radical (unpaired) electrons. The van der Waals surface area contributed by atoms with Gasteiger partial charge in [0, 0.05) is 22.1 Å². The zero-order chi connectivity index (χ0) is 14.0. The molecule has 1 unspecified atom stereocenters. The summed E-state index contributed by atoms with van der Waals surface area (Å²) in [5.74, 6) is 0.0766. The summed E-state index contributed by atoms with van der Waals surface area (Å²) in [5.41, 5.74) is 7.41. The number of hydrogen-bond acceptors (Lipinski definition) is 3. The molecule has 0 saturated heterocycles. The summed E-state index contributed by atoms with van der Waals surface area (Å²) in [4.78, 5) is 3.44. The molecule has 5 heteroatoms. The summed E-state index contributed by atoms with van der Waals surface area (Å²) in [7, 11) is 2.03. The molecule has 1 aromatic carbocycles. The van der Waals surface area contributed by atoms with Crippen molar-refractivity contribution < 1.29 is 0 Å². The van der Waals surface area contributed by atoms with Crippen LogP contribution >= 0.6 is 27.3 Å². The van der Waals surface area contributed by atoms with Crippen LogP contribution < -0.4 is 10.6 Å². The molecule has 100 valence electrons. The summed E-state index contributed by atoms with van der Waals surface area (Å²) in [6.07, 6.45) is 0. The number of benzene rings is 1. The van der Waals surface area contributed by atoms with E-state index in [0.717, 1.165) is 15.7 Å². The van der Waals surface area contributed by atoms with Crippen LogP contribution in [0.25, 0.3) is 0 Å². The summed E-state index contributed by atoms with van der Waals surface area (Å²) in [5, 5.41) is 9.83. The summed E-state index contributed by atoms with van der Waals surface area (Å²) >= 11 is 5.20. The molecule has 19 heavy (non-hydrogen) atoms. The SMILES string of the molecule is CC(c1cccs1)N(C)c1cccc(Br)c1C(=N)N. The van der Waals surface area contributed by atoms with Gasteiger partial charge in [0.15, 0.2) is 0 Å². The number of nitrogen functional groups attached to an aromatic ring is 1. The lowest BCUT2D eigenvalue weighted by Crippen LogP contribution is -2.25. The number of nitrogens with one attached hydrogen (secondary N) is 1. The molecule has 1 aromatic heterocycles. The lowest BCUT2D eigenvalue weighted by Gasteiger charge is -2.28. The van der Waals surface area contributed by atoms with Crippen LogP contribution in [0.5, 0.6) is 0 Å². The Morgan fingerprint density at radius 1 is 1.37 bits per heavy atom. The lowest BCUT2D eigenvalue weighted by molar-refractivity contribution is 0.753. The van der Waals surface area contributed by atoms with Gasteiger partial charge in [0.2, 0.25) is 0 Å². The number of thiophene rings is 1. The van der Waals surface area contributed by atoms with Gasteiger partial charge in [0.05, 0.1) is 11.6 Å². The van der Waals surface area contributed by atoms with Crippen LogP contribution in [0.1, 0.15) is 23.4 Å². The van der Waals surface area contributed by atoms with Crippen LogP contribution in [0.2, 0.25) is 0 Å². The second-order valence-corrected chi connectivity index (χ2v) is 6.18. The van der Waals surface area contributed by atoms with Crippen molar-refractivity contribution in [2.75, 3.05) is 11.9 Å². The Balaban J connectivity index is 2.42. The molecule has 0 fully saturated rings. The Morgan fingerprint density at radius 2 is 2.11 bits per heavy atom. The zero-order valence-electron chi connectivity index (χ0n) is 10.9.